The molecule has 110 valence electrons. The van der Waals surface area contributed by atoms with Crippen molar-refractivity contribution in [3.63, 3.8) is 0 Å². The Hall–Kier alpha value is -1.30. The topological polar surface area (TPSA) is 20.3 Å². The minimum atomic E-state index is -4.19. The molecule has 1 aromatic rings. The summed E-state index contributed by atoms with van der Waals surface area (Å²) in [5, 5.41) is 0.144. The van der Waals surface area contributed by atoms with Crippen molar-refractivity contribution >= 4 is 17.5 Å². The second-order valence-corrected chi connectivity index (χ2v) is 5.30. The normalized spacial score (nSPS) is 16.1. The maximum Gasteiger partial charge on any atom is 0.389 e. The fraction of sp³-hybridized carbons (Fsp3) is 0.462. The Labute approximate surface area is 118 Å². The fourth-order valence-electron chi connectivity index (χ4n) is 2.17. The summed E-state index contributed by atoms with van der Waals surface area (Å²) in [6.45, 7) is 0.217. The summed E-state index contributed by atoms with van der Waals surface area (Å²) in [5.41, 5.74) is 0.470. The molecule has 0 atom stereocenters. The highest BCUT2D eigenvalue weighted by Crippen LogP contribution is 2.30. The zero-order chi connectivity index (χ0) is 14.9. The molecule has 1 aliphatic rings. The van der Waals surface area contributed by atoms with Gasteiger partial charge >= 0.3 is 6.18 Å². The highest BCUT2D eigenvalue weighted by molar-refractivity contribution is 6.31. The summed E-state index contributed by atoms with van der Waals surface area (Å²) < 4.78 is 49.3. The van der Waals surface area contributed by atoms with Crippen molar-refractivity contribution in [1.29, 1.82) is 0 Å². The molecule has 2 nitrogen and oxygen atoms in total. The van der Waals surface area contributed by atoms with Gasteiger partial charge in [0.05, 0.1) is 6.42 Å². The lowest BCUT2D eigenvalue weighted by Gasteiger charge is -2.39. The zero-order valence-corrected chi connectivity index (χ0v) is 11.1. The van der Waals surface area contributed by atoms with Gasteiger partial charge in [-0.2, -0.15) is 13.2 Å². The predicted molar refractivity (Wildman–Crippen MR) is 65.9 cm³/mol. The van der Waals surface area contributed by atoms with Crippen molar-refractivity contribution in [1.82, 2.24) is 4.90 Å². The quantitative estimate of drug-likeness (QED) is 0.783. The van der Waals surface area contributed by atoms with E-state index in [4.69, 9.17) is 11.6 Å². The van der Waals surface area contributed by atoms with E-state index in [1.165, 1.54) is 17.0 Å². The molecule has 0 N–H and O–H groups in total. The number of carbonyl (C=O) groups is 1. The lowest BCUT2D eigenvalue weighted by molar-refractivity contribution is -0.162. The molecule has 0 spiro atoms. The first-order chi connectivity index (χ1) is 9.24. The van der Waals surface area contributed by atoms with Gasteiger partial charge < -0.3 is 4.90 Å². The Bertz CT molecular complexity index is 512. The largest absolute Gasteiger partial charge is 0.389 e. The molecule has 7 heteroatoms. The summed E-state index contributed by atoms with van der Waals surface area (Å²) >= 11 is 5.80. The number of rotatable bonds is 3. The third kappa shape index (κ3) is 3.85. The molecule has 2 rings (SSSR count). The summed E-state index contributed by atoms with van der Waals surface area (Å²) in [5.74, 6) is -1.32. The Kier molecular flexibility index (Phi) is 4.22. The molecule has 0 radical (unpaired) electrons. The molecule has 0 bridgehead atoms. The highest BCUT2D eigenvalue weighted by atomic mass is 35.5. The third-order valence-corrected chi connectivity index (χ3v) is 3.54. The zero-order valence-electron chi connectivity index (χ0n) is 10.4. The van der Waals surface area contributed by atoms with Crippen molar-refractivity contribution in [2.45, 2.75) is 19.0 Å². The first-order valence-corrected chi connectivity index (χ1v) is 6.41. The van der Waals surface area contributed by atoms with Gasteiger partial charge in [-0.05, 0) is 17.7 Å². The standard InChI is InChI=1S/C13H12ClF4NO/c14-11-4-10(15)2-1-9(11)3-12(20)19-6-8(7-19)5-13(16,17)18/h1-2,4,8H,3,5-7H2. The van der Waals surface area contributed by atoms with Crippen LogP contribution in [-0.2, 0) is 11.2 Å². The molecule has 1 amide bonds. The van der Waals surface area contributed by atoms with Crippen LogP contribution in [0.1, 0.15) is 12.0 Å². The second kappa shape index (κ2) is 5.60. The number of benzene rings is 1. The van der Waals surface area contributed by atoms with Crippen LogP contribution in [0.15, 0.2) is 18.2 Å². The van der Waals surface area contributed by atoms with Crippen molar-refractivity contribution in [2.24, 2.45) is 5.92 Å². The van der Waals surface area contributed by atoms with E-state index in [0.29, 0.717) is 5.56 Å². The molecule has 0 aromatic heterocycles. The molecule has 1 saturated heterocycles. The van der Waals surface area contributed by atoms with E-state index in [2.05, 4.69) is 0 Å². The molecule has 1 aliphatic heterocycles. The van der Waals surface area contributed by atoms with E-state index in [1.54, 1.807) is 0 Å². The summed E-state index contributed by atoms with van der Waals surface area (Å²) in [7, 11) is 0. The highest BCUT2D eigenvalue weighted by Gasteiger charge is 2.39. The maximum absolute atomic E-state index is 12.8. The van der Waals surface area contributed by atoms with Gasteiger partial charge in [-0.1, -0.05) is 17.7 Å². The number of nitrogens with zero attached hydrogens (tertiary/aromatic N) is 1. The van der Waals surface area contributed by atoms with Crippen molar-refractivity contribution in [2.75, 3.05) is 13.1 Å². The van der Waals surface area contributed by atoms with Gasteiger partial charge in [0.2, 0.25) is 5.91 Å². The van der Waals surface area contributed by atoms with E-state index in [-0.39, 0.29) is 30.4 Å². The van der Waals surface area contributed by atoms with Gasteiger partial charge in [0.15, 0.2) is 0 Å². The number of halogens is 5. The Balaban J connectivity index is 1.85. The molecular formula is C13H12ClF4NO. The minimum Gasteiger partial charge on any atom is -0.342 e. The van der Waals surface area contributed by atoms with Crippen LogP contribution in [0.25, 0.3) is 0 Å². The Morgan fingerprint density at radius 3 is 2.55 bits per heavy atom. The van der Waals surface area contributed by atoms with Crippen LogP contribution in [0.2, 0.25) is 5.02 Å². The third-order valence-electron chi connectivity index (χ3n) is 3.19. The van der Waals surface area contributed by atoms with Gasteiger partial charge in [-0.3, -0.25) is 4.79 Å². The van der Waals surface area contributed by atoms with Gasteiger partial charge in [0.1, 0.15) is 5.82 Å². The van der Waals surface area contributed by atoms with Gasteiger partial charge in [-0.15, -0.1) is 0 Å². The lowest BCUT2D eigenvalue weighted by Crippen LogP contribution is -2.51. The second-order valence-electron chi connectivity index (χ2n) is 4.90. The monoisotopic (exact) mass is 309 g/mol. The van der Waals surface area contributed by atoms with Crippen LogP contribution in [0.5, 0.6) is 0 Å². The van der Waals surface area contributed by atoms with Crippen molar-refractivity contribution < 1.29 is 22.4 Å². The SMILES string of the molecule is O=C(Cc1ccc(F)cc1Cl)N1CC(CC(F)(F)F)C1. The lowest BCUT2D eigenvalue weighted by atomic mass is 9.95. The fourth-order valence-corrected chi connectivity index (χ4v) is 2.40. The maximum atomic E-state index is 12.8. The first-order valence-electron chi connectivity index (χ1n) is 6.03. The van der Waals surface area contributed by atoms with E-state index in [1.807, 2.05) is 0 Å². The molecule has 0 unspecified atom stereocenters. The van der Waals surface area contributed by atoms with Crippen LogP contribution in [0.4, 0.5) is 17.6 Å². The molecular weight excluding hydrogens is 298 g/mol. The van der Waals surface area contributed by atoms with Crippen LogP contribution in [0, 0.1) is 11.7 Å². The smallest absolute Gasteiger partial charge is 0.342 e. The number of amides is 1. The van der Waals surface area contributed by atoms with E-state index < -0.39 is 24.3 Å². The number of hydrogen-bond acceptors (Lipinski definition) is 1. The summed E-state index contributed by atoms with van der Waals surface area (Å²) in [6, 6.07) is 3.70. The number of carbonyl (C=O) groups excluding carboxylic acids is 1. The molecule has 1 fully saturated rings. The van der Waals surface area contributed by atoms with Crippen LogP contribution < -0.4 is 0 Å². The van der Waals surface area contributed by atoms with Crippen molar-refractivity contribution in [3.05, 3.63) is 34.6 Å². The van der Waals surface area contributed by atoms with Gasteiger partial charge in [0, 0.05) is 30.5 Å². The van der Waals surface area contributed by atoms with Crippen LogP contribution in [-0.4, -0.2) is 30.1 Å². The van der Waals surface area contributed by atoms with Crippen LogP contribution >= 0.6 is 11.6 Å². The molecule has 1 heterocycles. The van der Waals surface area contributed by atoms with Crippen LogP contribution in [0.3, 0.4) is 0 Å². The molecule has 0 saturated carbocycles. The number of likely N-dealkylation sites (tertiary alicyclic amines) is 1. The summed E-state index contributed by atoms with van der Waals surface area (Å²) in [4.78, 5) is 13.2. The Morgan fingerprint density at radius 2 is 2.00 bits per heavy atom. The predicted octanol–water partition coefficient (Wildman–Crippen LogP) is 3.43. The number of hydrogen-bond donors (Lipinski definition) is 0. The van der Waals surface area contributed by atoms with E-state index >= 15 is 0 Å². The average molecular weight is 310 g/mol. The number of alkyl halides is 3. The van der Waals surface area contributed by atoms with Gasteiger partial charge in [0.25, 0.3) is 0 Å². The Morgan fingerprint density at radius 1 is 1.35 bits per heavy atom. The average Bonchev–Trinajstić information content (AvgIpc) is 2.25. The molecule has 20 heavy (non-hydrogen) atoms. The summed E-state index contributed by atoms with van der Waals surface area (Å²) in [6.07, 6.45) is -5.09. The van der Waals surface area contributed by atoms with Gasteiger partial charge in [-0.25, -0.2) is 4.39 Å². The minimum absolute atomic E-state index is 0.0299. The van der Waals surface area contributed by atoms with E-state index in [0.717, 1.165) is 6.07 Å². The van der Waals surface area contributed by atoms with Crippen molar-refractivity contribution in [3.8, 4) is 0 Å². The van der Waals surface area contributed by atoms with E-state index in [9.17, 15) is 22.4 Å². The molecule has 1 aromatic carbocycles. The molecule has 0 aliphatic carbocycles. The first kappa shape index (κ1) is 15.1.